The molecular formula is C18H13N3O. The third-order valence-electron chi connectivity index (χ3n) is 3.82. The Morgan fingerprint density at radius 2 is 1.64 bits per heavy atom. The van der Waals surface area contributed by atoms with E-state index in [-0.39, 0.29) is 11.7 Å². The second-order valence-electron chi connectivity index (χ2n) is 5.09. The predicted octanol–water partition coefficient (Wildman–Crippen LogP) is 3.67. The van der Waals surface area contributed by atoms with E-state index in [0.29, 0.717) is 0 Å². The molecule has 1 heterocycles. The maximum Gasteiger partial charge on any atom is 0.144 e. The van der Waals surface area contributed by atoms with E-state index in [1.165, 1.54) is 0 Å². The van der Waals surface area contributed by atoms with Crippen molar-refractivity contribution in [2.75, 3.05) is 0 Å². The minimum absolute atomic E-state index is 0.159. The first kappa shape index (κ1) is 13.7. The summed E-state index contributed by atoms with van der Waals surface area (Å²) < 4.78 is 0. The zero-order valence-corrected chi connectivity index (χ0v) is 11.7. The lowest BCUT2D eigenvalue weighted by molar-refractivity contribution is 0.475. The monoisotopic (exact) mass is 287 g/mol. The fraction of sp³-hybridized carbons (Fsp3) is 0.111. The van der Waals surface area contributed by atoms with Crippen LogP contribution in [0.25, 0.3) is 10.9 Å². The number of nitriles is 2. The molecule has 0 bridgehead atoms. The van der Waals surface area contributed by atoms with Crippen LogP contribution in [0.2, 0.25) is 0 Å². The topological polar surface area (TPSA) is 83.6 Å². The molecule has 4 nitrogen and oxygen atoms in total. The highest BCUT2D eigenvalue weighted by molar-refractivity contribution is 5.84. The van der Waals surface area contributed by atoms with Gasteiger partial charge in [0.1, 0.15) is 11.7 Å². The zero-order chi connectivity index (χ0) is 15.5. The van der Waals surface area contributed by atoms with Crippen molar-refractivity contribution in [3.8, 4) is 17.9 Å². The van der Waals surface area contributed by atoms with Crippen molar-refractivity contribution in [1.29, 1.82) is 10.5 Å². The predicted molar refractivity (Wildman–Crippen MR) is 83.0 cm³/mol. The quantitative estimate of drug-likeness (QED) is 0.770. The van der Waals surface area contributed by atoms with Crippen LogP contribution < -0.4 is 0 Å². The second kappa shape index (κ2) is 5.63. The number of aromatic hydroxyl groups is 1. The van der Waals surface area contributed by atoms with Gasteiger partial charge in [-0.05, 0) is 29.3 Å². The highest BCUT2D eigenvalue weighted by atomic mass is 16.3. The number of hydrogen-bond donors (Lipinski definition) is 2. The van der Waals surface area contributed by atoms with Gasteiger partial charge in [-0.15, -0.1) is 0 Å². The largest absolute Gasteiger partial charge is 0.508 e. The normalized spacial score (nSPS) is 12.0. The van der Waals surface area contributed by atoms with E-state index in [4.69, 9.17) is 0 Å². The number of phenols is 1. The van der Waals surface area contributed by atoms with Crippen LogP contribution in [0.3, 0.4) is 0 Å². The molecule has 0 radical (unpaired) electrons. The van der Waals surface area contributed by atoms with Crippen molar-refractivity contribution in [3.05, 3.63) is 65.9 Å². The van der Waals surface area contributed by atoms with Gasteiger partial charge in [0.2, 0.25) is 0 Å². The molecule has 0 fully saturated rings. The molecule has 2 aromatic carbocycles. The SMILES string of the molecule is N#CC(C#N)C(c1ccc(O)cc1)c1c[nH]c2ccccc12. The van der Waals surface area contributed by atoms with Gasteiger partial charge in [-0.2, -0.15) is 10.5 Å². The molecule has 0 aliphatic rings. The smallest absolute Gasteiger partial charge is 0.144 e. The van der Waals surface area contributed by atoms with E-state index in [9.17, 15) is 15.6 Å². The summed E-state index contributed by atoms with van der Waals surface area (Å²) in [6.07, 6.45) is 1.85. The van der Waals surface area contributed by atoms with Crippen LogP contribution in [0.4, 0.5) is 0 Å². The lowest BCUT2D eigenvalue weighted by Crippen LogP contribution is -2.11. The average Bonchev–Trinajstić information content (AvgIpc) is 2.97. The van der Waals surface area contributed by atoms with Gasteiger partial charge in [0, 0.05) is 23.0 Å². The van der Waals surface area contributed by atoms with E-state index < -0.39 is 5.92 Å². The van der Waals surface area contributed by atoms with Crippen molar-refractivity contribution in [2.24, 2.45) is 5.92 Å². The Bertz CT molecular complexity index is 867. The number of fused-ring (bicyclic) bond motifs is 1. The summed E-state index contributed by atoms with van der Waals surface area (Å²) in [4.78, 5) is 3.18. The van der Waals surface area contributed by atoms with Crippen molar-refractivity contribution < 1.29 is 5.11 Å². The number of aromatic nitrogens is 1. The fourth-order valence-corrected chi connectivity index (χ4v) is 2.76. The first-order valence-electron chi connectivity index (χ1n) is 6.88. The van der Waals surface area contributed by atoms with Crippen LogP contribution >= 0.6 is 0 Å². The van der Waals surface area contributed by atoms with Crippen molar-refractivity contribution in [1.82, 2.24) is 4.98 Å². The Kier molecular flexibility index (Phi) is 3.52. The Morgan fingerprint density at radius 1 is 0.955 bits per heavy atom. The van der Waals surface area contributed by atoms with Gasteiger partial charge < -0.3 is 10.1 Å². The number of nitrogens with one attached hydrogen (secondary N) is 1. The first-order valence-corrected chi connectivity index (χ1v) is 6.88. The Balaban J connectivity index is 2.20. The Hall–Kier alpha value is -3.24. The number of nitrogens with zero attached hydrogens (tertiary/aromatic N) is 2. The van der Waals surface area contributed by atoms with E-state index in [2.05, 4.69) is 17.1 Å². The molecule has 1 unspecified atom stereocenters. The van der Waals surface area contributed by atoms with Crippen LogP contribution in [-0.2, 0) is 0 Å². The van der Waals surface area contributed by atoms with Gasteiger partial charge in [-0.3, -0.25) is 0 Å². The molecule has 0 aliphatic carbocycles. The number of benzene rings is 2. The molecule has 106 valence electrons. The van der Waals surface area contributed by atoms with Crippen molar-refractivity contribution >= 4 is 10.9 Å². The molecule has 1 atom stereocenters. The lowest BCUT2D eigenvalue weighted by Gasteiger charge is -2.17. The summed E-state index contributed by atoms with van der Waals surface area (Å²) in [5, 5.41) is 29.2. The van der Waals surface area contributed by atoms with Gasteiger partial charge in [-0.1, -0.05) is 30.3 Å². The van der Waals surface area contributed by atoms with E-state index in [1.54, 1.807) is 24.3 Å². The van der Waals surface area contributed by atoms with Crippen LogP contribution in [-0.4, -0.2) is 10.1 Å². The first-order chi connectivity index (χ1) is 10.7. The van der Waals surface area contributed by atoms with E-state index >= 15 is 0 Å². The molecule has 0 amide bonds. The standard InChI is InChI=1S/C18H13N3O/c19-9-13(10-20)18(12-5-7-14(22)8-6-12)16-11-21-17-4-2-1-3-15(16)17/h1-8,11,13,18,21-22H. The molecule has 0 saturated heterocycles. The van der Waals surface area contributed by atoms with Gasteiger partial charge in [0.15, 0.2) is 0 Å². The Morgan fingerprint density at radius 3 is 2.32 bits per heavy atom. The van der Waals surface area contributed by atoms with Crippen LogP contribution in [0, 0.1) is 28.6 Å². The summed E-state index contributed by atoms with van der Waals surface area (Å²) in [6, 6.07) is 18.6. The number of aromatic amines is 1. The summed E-state index contributed by atoms with van der Waals surface area (Å²) in [6.45, 7) is 0. The summed E-state index contributed by atoms with van der Waals surface area (Å²) in [7, 11) is 0. The number of phenolic OH excluding ortho intramolecular Hbond substituents is 1. The molecule has 3 aromatic rings. The molecule has 4 heteroatoms. The van der Waals surface area contributed by atoms with Crippen LogP contribution in [0.1, 0.15) is 17.0 Å². The maximum atomic E-state index is 9.46. The third kappa shape index (κ3) is 2.28. The molecule has 2 N–H and O–H groups in total. The molecule has 22 heavy (non-hydrogen) atoms. The molecule has 0 saturated carbocycles. The second-order valence-corrected chi connectivity index (χ2v) is 5.09. The van der Waals surface area contributed by atoms with Crippen LogP contribution in [0.5, 0.6) is 5.75 Å². The lowest BCUT2D eigenvalue weighted by atomic mass is 9.82. The maximum absolute atomic E-state index is 9.46. The Labute approximate surface area is 127 Å². The third-order valence-corrected chi connectivity index (χ3v) is 3.82. The number of hydrogen-bond acceptors (Lipinski definition) is 3. The van der Waals surface area contributed by atoms with Crippen LogP contribution in [0.15, 0.2) is 54.7 Å². The fourth-order valence-electron chi connectivity index (χ4n) is 2.76. The van der Waals surface area contributed by atoms with Gasteiger partial charge in [0.25, 0.3) is 0 Å². The minimum Gasteiger partial charge on any atom is -0.508 e. The number of para-hydroxylation sites is 1. The molecule has 0 spiro atoms. The van der Waals surface area contributed by atoms with E-state index in [0.717, 1.165) is 22.0 Å². The highest BCUT2D eigenvalue weighted by Crippen LogP contribution is 2.36. The summed E-state index contributed by atoms with van der Waals surface area (Å²) >= 11 is 0. The zero-order valence-electron chi connectivity index (χ0n) is 11.7. The molecular weight excluding hydrogens is 274 g/mol. The average molecular weight is 287 g/mol. The number of H-pyrrole nitrogens is 1. The summed E-state index contributed by atoms with van der Waals surface area (Å²) in [5.74, 6) is -1.01. The van der Waals surface area contributed by atoms with Crippen molar-refractivity contribution in [3.63, 3.8) is 0 Å². The van der Waals surface area contributed by atoms with Gasteiger partial charge in [0.05, 0.1) is 12.1 Å². The number of rotatable bonds is 3. The highest BCUT2D eigenvalue weighted by Gasteiger charge is 2.27. The van der Waals surface area contributed by atoms with Gasteiger partial charge >= 0.3 is 0 Å². The van der Waals surface area contributed by atoms with Gasteiger partial charge in [-0.25, -0.2) is 0 Å². The minimum atomic E-state index is -0.802. The molecule has 1 aromatic heterocycles. The molecule has 3 rings (SSSR count). The molecule has 0 aliphatic heterocycles. The summed E-state index contributed by atoms with van der Waals surface area (Å²) in [5.41, 5.74) is 2.71. The van der Waals surface area contributed by atoms with Crippen molar-refractivity contribution in [2.45, 2.75) is 5.92 Å². The van der Waals surface area contributed by atoms with E-state index in [1.807, 2.05) is 30.5 Å².